The largest absolute Gasteiger partial charge is 0.478 e. The highest BCUT2D eigenvalue weighted by Gasteiger charge is 2.25. The van der Waals surface area contributed by atoms with Gasteiger partial charge in [-0.1, -0.05) is 13.0 Å². The first-order valence-electron chi connectivity index (χ1n) is 10.2. The standard InChI is InChI=1S/C21H29FN6O/c1-3-12-29-19-8-7-16(13-25-19)14-26-21(23-4-2)27-17-9-11-28(15-17)20-18(22)6-5-10-24-20/h5-8,10,13,17H,3-4,9,11-12,14-15H2,1-2H3,(H2,23,26,27). The number of hydrogen-bond acceptors (Lipinski definition) is 5. The van der Waals surface area contributed by atoms with Crippen LogP contribution in [0.2, 0.25) is 0 Å². The molecule has 1 saturated heterocycles. The van der Waals surface area contributed by atoms with Gasteiger partial charge in [0.1, 0.15) is 0 Å². The summed E-state index contributed by atoms with van der Waals surface area (Å²) in [7, 11) is 0. The van der Waals surface area contributed by atoms with Gasteiger partial charge in [0.05, 0.1) is 13.2 Å². The van der Waals surface area contributed by atoms with Crippen LogP contribution in [0.15, 0.2) is 41.7 Å². The third kappa shape index (κ3) is 6.04. The summed E-state index contributed by atoms with van der Waals surface area (Å²) in [6, 6.07) is 7.08. The van der Waals surface area contributed by atoms with E-state index in [1.165, 1.54) is 6.07 Å². The monoisotopic (exact) mass is 400 g/mol. The van der Waals surface area contributed by atoms with Crippen molar-refractivity contribution in [3.8, 4) is 5.88 Å². The van der Waals surface area contributed by atoms with Crippen molar-refractivity contribution >= 4 is 11.8 Å². The Hall–Kier alpha value is -2.90. The number of hydrogen-bond donors (Lipinski definition) is 2. The molecule has 2 aromatic rings. The van der Waals surface area contributed by atoms with Crippen LogP contribution in [0.3, 0.4) is 0 Å². The van der Waals surface area contributed by atoms with Gasteiger partial charge < -0.3 is 20.3 Å². The lowest BCUT2D eigenvalue weighted by molar-refractivity contribution is 0.305. The molecule has 0 saturated carbocycles. The Labute approximate surface area is 171 Å². The predicted molar refractivity (Wildman–Crippen MR) is 113 cm³/mol. The van der Waals surface area contributed by atoms with Gasteiger partial charge in [0, 0.05) is 44.1 Å². The summed E-state index contributed by atoms with van der Waals surface area (Å²) in [5.41, 5.74) is 1.01. The van der Waals surface area contributed by atoms with Gasteiger partial charge in [-0.15, -0.1) is 0 Å². The third-order valence-electron chi connectivity index (χ3n) is 4.58. The van der Waals surface area contributed by atoms with E-state index in [1.807, 2.05) is 24.0 Å². The number of pyridine rings is 2. The van der Waals surface area contributed by atoms with Gasteiger partial charge in [-0.05, 0) is 37.5 Å². The van der Waals surface area contributed by atoms with Crippen molar-refractivity contribution in [3.05, 3.63) is 48.0 Å². The van der Waals surface area contributed by atoms with Crippen LogP contribution in [0.1, 0.15) is 32.3 Å². The molecule has 29 heavy (non-hydrogen) atoms. The van der Waals surface area contributed by atoms with E-state index in [9.17, 15) is 4.39 Å². The van der Waals surface area contributed by atoms with Crippen molar-refractivity contribution in [1.29, 1.82) is 0 Å². The first-order chi connectivity index (χ1) is 14.2. The van der Waals surface area contributed by atoms with Crippen LogP contribution in [0.5, 0.6) is 5.88 Å². The first-order valence-corrected chi connectivity index (χ1v) is 10.2. The number of guanidine groups is 1. The van der Waals surface area contributed by atoms with Crippen LogP contribution in [0.4, 0.5) is 10.2 Å². The minimum Gasteiger partial charge on any atom is -0.478 e. The summed E-state index contributed by atoms with van der Waals surface area (Å²) < 4.78 is 19.5. The molecule has 2 N–H and O–H groups in total. The lowest BCUT2D eigenvalue weighted by atomic mass is 10.2. The van der Waals surface area contributed by atoms with Crippen molar-refractivity contribution in [2.75, 3.05) is 31.1 Å². The number of anilines is 1. The van der Waals surface area contributed by atoms with Crippen LogP contribution in [0, 0.1) is 5.82 Å². The fraction of sp³-hybridized carbons (Fsp3) is 0.476. The average Bonchev–Trinajstić information content (AvgIpc) is 3.20. The molecule has 0 aliphatic carbocycles. The van der Waals surface area contributed by atoms with Gasteiger partial charge in [-0.3, -0.25) is 0 Å². The Balaban J connectivity index is 1.56. The maximum absolute atomic E-state index is 14.0. The summed E-state index contributed by atoms with van der Waals surface area (Å²) in [5.74, 6) is 1.51. The molecule has 8 heteroatoms. The molecule has 0 amide bonds. The maximum atomic E-state index is 14.0. The Morgan fingerprint density at radius 2 is 2.21 bits per heavy atom. The summed E-state index contributed by atoms with van der Waals surface area (Å²) in [6.45, 7) is 7.48. The number of ether oxygens (including phenoxy) is 1. The maximum Gasteiger partial charge on any atom is 0.213 e. The second-order valence-corrected chi connectivity index (χ2v) is 6.93. The van der Waals surface area contributed by atoms with E-state index < -0.39 is 0 Å². The Bertz CT molecular complexity index is 798. The summed E-state index contributed by atoms with van der Waals surface area (Å²) in [4.78, 5) is 15.1. The molecule has 1 unspecified atom stereocenters. The summed E-state index contributed by atoms with van der Waals surface area (Å²) in [5, 5.41) is 6.72. The molecule has 7 nitrogen and oxygen atoms in total. The van der Waals surface area contributed by atoms with Crippen molar-refractivity contribution in [3.63, 3.8) is 0 Å². The molecule has 3 rings (SSSR count). The van der Waals surface area contributed by atoms with Gasteiger partial charge in [-0.25, -0.2) is 19.4 Å². The lowest BCUT2D eigenvalue weighted by Gasteiger charge is -2.20. The number of aromatic nitrogens is 2. The molecular weight excluding hydrogens is 371 g/mol. The minimum absolute atomic E-state index is 0.178. The van der Waals surface area contributed by atoms with E-state index in [0.717, 1.165) is 37.5 Å². The predicted octanol–water partition coefficient (Wildman–Crippen LogP) is 2.74. The lowest BCUT2D eigenvalue weighted by Crippen LogP contribution is -2.44. The zero-order chi connectivity index (χ0) is 20.5. The van der Waals surface area contributed by atoms with E-state index in [2.05, 4.69) is 32.5 Å². The van der Waals surface area contributed by atoms with E-state index in [4.69, 9.17) is 4.74 Å². The molecule has 0 radical (unpaired) electrons. The smallest absolute Gasteiger partial charge is 0.213 e. The molecule has 1 fully saturated rings. The Kier molecular flexibility index (Phi) is 7.61. The van der Waals surface area contributed by atoms with Crippen LogP contribution < -0.4 is 20.3 Å². The normalized spacial score (nSPS) is 16.7. The van der Waals surface area contributed by atoms with E-state index >= 15 is 0 Å². The Morgan fingerprint density at radius 1 is 1.31 bits per heavy atom. The first kappa shape index (κ1) is 20.8. The van der Waals surface area contributed by atoms with Gasteiger partial charge in [-0.2, -0.15) is 0 Å². The van der Waals surface area contributed by atoms with Gasteiger partial charge in [0.15, 0.2) is 17.6 Å². The summed E-state index contributed by atoms with van der Waals surface area (Å²) in [6.07, 6.45) is 5.26. The number of nitrogens with zero attached hydrogens (tertiary/aromatic N) is 4. The molecule has 156 valence electrons. The average molecular weight is 401 g/mol. The molecule has 1 aliphatic heterocycles. The molecule has 1 aliphatic rings. The molecule has 0 aromatic carbocycles. The highest BCUT2D eigenvalue weighted by atomic mass is 19.1. The van der Waals surface area contributed by atoms with Gasteiger partial charge in [0.2, 0.25) is 5.88 Å². The van der Waals surface area contributed by atoms with Crippen molar-refractivity contribution in [1.82, 2.24) is 20.6 Å². The quantitative estimate of drug-likeness (QED) is 0.524. The molecule has 2 aromatic heterocycles. The van der Waals surface area contributed by atoms with Crippen molar-refractivity contribution < 1.29 is 9.13 Å². The van der Waals surface area contributed by atoms with Crippen LogP contribution in [0.25, 0.3) is 0 Å². The second-order valence-electron chi connectivity index (χ2n) is 6.93. The fourth-order valence-corrected chi connectivity index (χ4v) is 3.16. The Morgan fingerprint density at radius 3 is 2.93 bits per heavy atom. The van der Waals surface area contributed by atoms with E-state index in [0.29, 0.717) is 31.4 Å². The highest BCUT2D eigenvalue weighted by molar-refractivity contribution is 5.80. The zero-order valence-corrected chi connectivity index (χ0v) is 17.1. The molecule has 3 heterocycles. The minimum atomic E-state index is -0.285. The zero-order valence-electron chi connectivity index (χ0n) is 17.1. The molecule has 0 spiro atoms. The van der Waals surface area contributed by atoms with Gasteiger partial charge >= 0.3 is 0 Å². The number of nitrogens with one attached hydrogen (secondary N) is 2. The van der Waals surface area contributed by atoms with Crippen LogP contribution in [-0.2, 0) is 6.54 Å². The molecular formula is C21H29FN6O. The van der Waals surface area contributed by atoms with Crippen LogP contribution in [-0.4, -0.2) is 48.2 Å². The summed E-state index contributed by atoms with van der Waals surface area (Å²) >= 11 is 0. The molecule has 0 bridgehead atoms. The molecule has 1 atom stereocenters. The van der Waals surface area contributed by atoms with E-state index in [-0.39, 0.29) is 11.9 Å². The van der Waals surface area contributed by atoms with E-state index in [1.54, 1.807) is 18.5 Å². The number of aliphatic imine (C=N–C) groups is 1. The number of halogens is 1. The second kappa shape index (κ2) is 10.6. The third-order valence-corrected chi connectivity index (χ3v) is 4.58. The highest BCUT2D eigenvalue weighted by Crippen LogP contribution is 2.20. The van der Waals surface area contributed by atoms with Crippen molar-refractivity contribution in [2.45, 2.75) is 39.3 Å². The van der Waals surface area contributed by atoms with Gasteiger partial charge in [0.25, 0.3) is 0 Å². The fourth-order valence-electron chi connectivity index (χ4n) is 3.16. The van der Waals surface area contributed by atoms with Crippen molar-refractivity contribution in [2.24, 2.45) is 4.99 Å². The SMILES string of the molecule is CCCOc1ccc(CN=C(NCC)NC2CCN(c3ncccc3F)C2)cn1. The topological polar surface area (TPSA) is 74.7 Å². The van der Waals surface area contributed by atoms with Crippen LogP contribution >= 0.6 is 0 Å². The number of rotatable bonds is 8.